The smallest absolute Gasteiger partial charge is 0.228 e. The number of aryl methyl sites for hydroxylation is 1. The molecule has 0 unspecified atom stereocenters. The fraction of sp³-hybridized carbons (Fsp3) is 0.350. The largest absolute Gasteiger partial charge is 0.508 e. The van der Waals surface area contributed by atoms with Crippen LogP contribution in [0, 0.1) is 0 Å². The third-order valence-corrected chi connectivity index (χ3v) is 4.62. The number of phenols is 3. The normalized spacial score (nSPS) is 24.2. The number of carbonyl (C=O) groups excluding carboxylic acids is 1. The minimum absolute atomic E-state index is 0.00507. The third kappa shape index (κ3) is 4.77. The van der Waals surface area contributed by atoms with E-state index < -0.39 is 36.1 Å². The summed E-state index contributed by atoms with van der Waals surface area (Å²) in [4.78, 5) is 12.7. The van der Waals surface area contributed by atoms with Crippen LogP contribution in [-0.2, 0) is 11.2 Å². The maximum absolute atomic E-state index is 12.7. The second-order valence-electron chi connectivity index (χ2n) is 6.80. The Morgan fingerprint density at radius 2 is 1.69 bits per heavy atom. The van der Waals surface area contributed by atoms with Gasteiger partial charge in [-0.3, -0.25) is 4.79 Å². The first-order valence-corrected chi connectivity index (χ1v) is 8.96. The van der Waals surface area contributed by atoms with Gasteiger partial charge in [-0.2, -0.15) is 0 Å². The summed E-state index contributed by atoms with van der Waals surface area (Å²) in [6.07, 6.45) is -5.52. The van der Waals surface area contributed by atoms with Crippen LogP contribution in [0.1, 0.15) is 22.3 Å². The summed E-state index contributed by atoms with van der Waals surface area (Å²) in [7, 11) is 0. The van der Waals surface area contributed by atoms with E-state index in [0.29, 0.717) is 6.42 Å². The molecule has 0 radical (unpaired) electrons. The van der Waals surface area contributed by atoms with Gasteiger partial charge in [-0.15, -0.1) is 0 Å². The second kappa shape index (κ2) is 8.66. The summed E-state index contributed by atoms with van der Waals surface area (Å²) in [6, 6.07) is 8.38. The van der Waals surface area contributed by atoms with Crippen LogP contribution in [0.15, 0.2) is 36.4 Å². The van der Waals surface area contributed by atoms with E-state index in [2.05, 4.69) is 0 Å². The summed E-state index contributed by atoms with van der Waals surface area (Å²) in [5.74, 6) is -1.51. The van der Waals surface area contributed by atoms with Crippen molar-refractivity contribution in [3.63, 3.8) is 0 Å². The number of hydrogen-bond acceptors (Lipinski definition) is 9. The Morgan fingerprint density at radius 1 is 1.00 bits per heavy atom. The molecule has 1 aliphatic heterocycles. The summed E-state index contributed by atoms with van der Waals surface area (Å²) < 4.78 is 10.6. The van der Waals surface area contributed by atoms with Crippen molar-refractivity contribution in [2.45, 2.75) is 37.4 Å². The van der Waals surface area contributed by atoms with E-state index in [1.807, 2.05) is 0 Å². The van der Waals surface area contributed by atoms with Crippen LogP contribution in [0.3, 0.4) is 0 Å². The number of benzene rings is 2. The van der Waals surface area contributed by atoms with Crippen LogP contribution in [0.5, 0.6) is 23.0 Å². The van der Waals surface area contributed by atoms with Crippen LogP contribution in [-0.4, -0.2) is 67.6 Å². The Labute approximate surface area is 166 Å². The molecule has 0 spiro atoms. The van der Waals surface area contributed by atoms with E-state index >= 15 is 0 Å². The molecule has 1 aliphatic rings. The molecule has 1 fully saturated rings. The van der Waals surface area contributed by atoms with Gasteiger partial charge in [0, 0.05) is 18.6 Å². The predicted molar refractivity (Wildman–Crippen MR) is 98.9 cm³/mol. The van der Waals surface area contributed by atoms with E-state index in [1.165, 1.54) is 12.1 Å². The fourth-order valence-electron chi connectivity index (χ4n) is 3.01. The standard InChI is InChI=1S/C20H22O9/c21-11-4-1-10(2-5-11)3-6-13(23)17-14(24)7-12(22)8-16(17)29-20-19(27)18(26)15(25)9-28-20/h1-2,4-5,7-8,15,18-22,24-27H,3,6,9H2/t15-,18+,19-,20+/m1/s1. The molecule has 1 saturated heterocycles. The number of aliphatic hydroxyl groups excluding tert-OH is 3. The number of phenolic OH excluding ortho intramolecular Hbond substituents is 3. The van der Waals surface area contributed by atoms with Gasteiger partial charge in [-0.1, -0.05) is 12.1 Å². The first-order chi connectivity index (χ1) is 13.8. The molecule has 0 amide bonds. The Kier molecular flexibility index (Phi) is 6.23. The second-order valence-corrected chi connectivity index (χ2v) is 6.80. The highest BCUT2D eigenvalue weighted by Crippen LogP contribution is 2.35. The van der Waals surface area contributed by atoms with Crippen molar-refractivity contribution in [2.24, 2.45) is 0 Å². The number of carbonyl (C=O) groups is 1. The van der Waals surface area contributed by atoms with Crippen molar-refractivity contribution >= 4 is 5.78 Å². The maximum atomic E-state index is 12.7. The molecule has 0 aliphatic carbocycles. The molecular formula is C20H22O9. The summed E-state index contributed by atoms with van der Waals surface area (Å²) in [6.45, 7) is -0.308. The van der Waals surface area contributed by atoms with Gasteiger partial charge in [0.2, 0.25) is 6.29 Å². The van der Waals surface area contributed by atoms with Crippen molar-refractivity contribution in [2.75, 3.05) is 6.61 Å². The lowest BCUT2D eigenvalue weighted by atomic mass is 10.0. The van der Waals surface area contributed by atoms with Crippen LogP contribution < -0.4 is 4.74 Å². The zero-order valence-electron chi connectivity index (χ0n) is 15.3. The van der Waals surface area contributed by atoms with E-state index in [0.717, 1.165) is 17.7 Å². The zero-order valence-corrected chi connectivity index (χ0v) is 15.3. The van der Waals surface area contributed by atoms with Crippen molar-refractivity contribution in [1.29, 1.82) is 0 Å². The van der Waals surface area contributed by atoms with Gasteiger partial charge in [0.25, 0.3) is 0 Å². The molecule has 0 saturated carbocycles. The maximum Gasteiger partial charge on any atom is 0.228 e. The molecule has 9 nitrogen and oxygen atoms in total. The van der Waals surface area contributed by atoms with E-state index in [1.54, 1.807) is 12.1 Å². The molecule has 2 aromatic carbocycles. The monoisotopic (exact) mass is 406 g/mol. The zero-order chi connectivity index (χ0) is 21.1. The minimum Gasteiger partial charge on any atom is -0.508 e. The summed E-state index contributed by atoms with van der Waals surface area (Å²) in [5, 5.41) is 58.6. The first kappa shape index (κ1) is 20.9. The van der Waals surface area contributed by atoms with Crippen molar-refractivity contribution in [3.8, 4) is 23.0 Å². The first-order valence-electron chi connectivity index (χ1n) is 8.96. The summed E-state index contributed by atoms with van der Waals surface area (Å²) in [5.41, 5.74) is 0.582. The van der Waals surface area contributed by atoms with Gasteiger partial charge in [-0.05, 0) is 24.1 Å². The molecule has 0 aromatic heterocycles. The number of aromatic hydroxyl groups is 3. The van der Waals surface area contributed by atoms with Crippen LogP contribution in [0.4, 0.5) is 0 Å². The third-order valence-electron chi connectivity index (χ3n) is 4.62. The quantitative estimate of drug-likeness (QED) is 0.375. The van der Waals surface area contributed by atoms with Crippen LogP contribution in [0.25, 0.3) is 0 Å². The van der Waals surface area contributed by atoms with Gasteiger partial charge in [0.15, 0.2) is 5.78 Å². The molecule has 156 valence electrons. The fourth-order valence-corrected chi connectivity index (χ4v) is 3.01. The lowest BCUT2D eigenvalue weighted by Gasteiger charge is -2.35. The average Bonchev–Trinajstić information content (AvgIpc) is 2.67. The Hall–Kier alpha value is -2.85. The molecule has 29 heavy (non-hydrogen) atoms. The van der Waals surface area contributed by atoms with Crippen molar-refractivity contribution < 1.29 is 44.9 Å². The lowest BCUT2D eigenvalue weighted by Crippen LogP contribution is -2.54. The highest BCUT2D eigenvalue weighted by Gasteiger charge is 2.39. The lowest BCUT2D eigenvalue weighted by molar-refractivity contribution is -0.242. The Balaban J connectivity index is 1.79. The topological polar surface area (TPSA) is 157 Å². The number of ether oxygens (including phenoxy) is 2. The predicted octanol–water partition coefficient (Wildman–Crippen LogP) is 0.437. The van der Waals surface area contributed by atoms with Gasteiger partial charge in [0.1, 0.15) is 46.9 Å². The van der Waals surface area contributed by atoms with Crippen molar-refractivity contribution in [1.82, 2.24) is 0 Å². The van der Waals surface area contributed by atoms with Gasteiger partial charge < -0.3 is 40.1 Å². The molecule has 9 heteroatoms. The van der Waals surface area contributed by atoms with Gasteiger partial charge >= 0.3 is 0 Å². The SMILES string of the molecule is O=C(CCc1ccc(O)cc1)c1c(O)cc(O)cc1O[C@@H]1OC[C@@H](O)[C@H](O)[C@H]1O. The number of hydrogen-bond donors (Lipinski definition) is 6. The molecule has 4 atom stereocenters. The number of aliphatic hydroxyl groups is 3. The molecule has 2 aromatic rings. The highest BCUT2D eigenvalue weighted by molar-refractivity contribution is 6.01. The van der Waals surface area contributed by atoms with Crippen LogP contribution >= 0.6 is 0 Å². The highest BCUT2D eigenvalue weighted by atomic mass is 16.7. The molecule has 0 bridgehead atoms. The molecule has 1 heterocycles. The molecule has 6 N–H and O–H groups in total. The Morgan fingerprint density at radius 3 is 2.38 bits per heavy atom. The average molecular weight is 406 g/mol. The van der Waals surface area contributed by atoms with Crippen molar-refractivity contribution in [3.05, 3.63) is 47.5 Å². The number of ketones is 1. The summed E-state index contributed by atoms with van der Waals surface area (Å²) >= 11 is 0. The number of rotatable bonds is 6. The minimum atomic E-state index is -1.61. The molecular weight excluding hydrogens is 384 g/mol. The van der Waals surface area contributed by atoms with E-state index in [-0.39, 0.29) is 35.8 Å². The van der Waals surface area contributed by atoms with E-state index in [9.17, 15) is 35.4 Å². The Bertz CT molecular complexity index is 865. The number of Topliss-reactive ketones (excluding diaryl/α,β-unsaturated/α-hetero) is 1. The van der Waals surface area contributed by atoms with E-state index in [4.69, 9.17) is 9.47 Å². The van der Waals surface area contributed by atoms with Crippen LogP contribution in [0.2, 0.25) is 0 Å². The van der Waals surface area contributed by atoms with Gasteiger partial charge in [-0.25, -0.2) is 0 Å². The molecule has 3 rings (SSSR count). The van der Waals surface area contributed by atoms with Gasteiger partial charge in [0.05, 0.1) is 6.61 Å².